The van der Waals surface area contributed by atoms with Crippen molar-refractivity contribution < 1.29 is 14.4 Å². The van der Waals surface area contributed by atoms with Crippen LogP contribution in [0.4, 0.5) is 0 Å². The molecule has 0 bridgehead atoms. The molecule has 0 radical (unpaired) electrons. The third kappa shape index (κ3) is 2.04. The number of hydrogen-bond acceptors (Lipinski definition) is 3. The molecule has 1 atom stereocenters. The summed E-state index contributed by atoms with van der Waals surface area (Å²) in [5.41, 5.74) is 1.51. The zero-order valence-corrected chi connectivity index (χ0v) is 10.2. The van der Waals surface area contributed by atoms with Crippen molar-refractivity contribution in [1.29, 1.82) is 0 Å². The van der Waals surface area contributed by atoms with Gasteiger partial charge in [0.1, 0.15) is 0 Å². The van der Waals surface area contributed by atoms with Gasteiger partial charge in [0.25, 0.3) is 0 Å². The van der Waals surface area contributed by atoms with Gasteiger partial charge in [-0.05, 0) is 19.8 Å². The monoisotopic (exact) mass is 242 g/mol. The lowest BCUT2D eigenvalue weighted by molar-refractivity contribution is -0.117. The topological polar surface area (TPSA) is 51.2 Å². The van der Waals surface area contributed by atoms with Gasteiger partial charge in [0, 0.05) is 11.1 Å². The number of Topliss-reactive ketones (excluding diaryl/α,β-unsaturated/α-hetero) is 3. The van der Waals surface area contributed by atoms with E-state index in [4.69, 9.17) is 0 Å². The first-order chi connectivity index (χ1) is 8.52. The van der Waals surface area contributed by atoms with Crippen molar-refractivity contribution >= 4 is 17.3 Å². The van der Waals surface area contributed by atoms with Gasteiger partial charge in [0.2, 0.25) is 11.6 Å². The van der Waals surface area contributed by atoms with Gasteiger partial charge in [-0.1, -0.05) is 29.8 Å². The fourth-order valence-electron chi connectivity index (χ4n) is 2.15. The van der Waals surface area contributed by atoms with Crippen LogP contribution >= 0.6 is 0 Å². The molecule has 1 aliphatic carbocycles. The van der Waals surface area contributed by atoms with Gasteiger partial charge in [0.05, 0.1) is 5.92 Å². The second kappa shape index (κ2) is 4.69. The molecule has 0 saturated carbocycles. The first-order valence-electron chi connectivity index (χ1n) is 5.88. The molecule has 3 nitrogen and oxygen atoms in total. The van der Waals surface area contributed by atoms with Crippen molar-refractivity contribution in [3.63, 3.8) is 0 Å². The molecule has 1 aliphatic rings. The third-order valence-corrected chi connectivity index (χ3v) is 3.15. The van der Waals surface area contributed by atoms with E-state index in [9.17, 15) is 14.4 Å². The molecule has 92 valence electrons. The number of rotatable bonds is 3. The third-order valence-electron chi connectivity index (χ3n) is 3.15. The molecule has 3 heteroatoms. The van der Waals surface area contributed by atoms with Crippen molar-refractivity contribution in [1.82, 2.24) is 0 Å². The van der Waals surface area contributed by atoms with Crippen LogP contribution in [0.15, 0.2) is 36.4 Å². The minimum absolute atomic E-state index is 0.235. The Morgan fingerprint density at radius 3 is 2.33 bits per heavy atom. The Morgan fingerprint density at radius 2 is 1.72 bits per heavy atom. The summed E-state index contributed by atoms with van der Waals surface area (Å²) in [5.74, 6) is -2.20. The van der Waals surface area contributed by atoms with Gasteiger partial charge < -0.3 is 0 Å². The van der Waals surface area contributed by atoms with Gasteiger partial charge in [0.15, 0.2) is 5.78 Å². The number of benzene rings is 1. The average molecular weight is 242 g/mol. The molecule has 0 spiro atoms. The zero-order chi connectivity index (χ0) is 13.3. The summed E-state index contributed by atoms with van der Waals surface area (Å²) < 4.78 is 0. The largest absolute Gasteiger partial charge is 0.293 e. The molecule has 1 aromatic carbocycles. The van der Waals surface area contributed by atoms with E-state index in [0.29, 0.717) is 18.4 Å². The second-order valence-electron chi connectivity index (χ2n) is 4.65. The molecule has 18 heavy (non-hydrogen) atoms. The van der Waals surface area contributed by atoms with E-state index in [-0.39, 0.29) is 11.3 Å². The fraction of sp³-hybridized carbons (Fsp3) is 0.267. The highest BCUT2D eigenvalue weighted by Gasteiger charge is 2.39. The Morgan fingerprint density at radius 1 is 1.11 bits per heavy atom. The Kier molecular flexibility index (Phi) is 3.24. The van der Waals surface area contributed by atoms with E-state index in [0.717, 1.165) is 5.57 Å². The van der Waals surface area contributed by atoms with E-state index in [1.54, 1.807) is 18.2 Å². The minimum Gasteiger partial charge on any atom is -0.293 e. The first-order valence-corrected chi connectivity index (χ1v) is 5.88. The SMILES string of the molecule is C=C(C)CCC1C(=O)C(=O)c2ccccc2C1=O. The van der Waals surface area contributed by atoms with Crippen LogP contribution in [0.1, 0.15) is 40.5 Å². The molecule has 1 unspecified atom stereocenters. The highest BCUT2D eigenvalue weighted by atomic mass is 16.2. The van der Waals surface area contributed by atoms with Gasteiger partial charge in [-0.25, -0.2) is 0 Å². The molecular weight excluding hydrogens is 228 g/mol. The van der Waals surface area contributed by atoms with E-state index < -0.39 is 17.5 Å². The fourth-order valence-corrected chi connectivity index (χ4v) is 2.15. The Hall–Kier alpha value is -2.03. The predicted molar refractivity (Wildman–Crippen MR) is 67.6 cm³/mol. The Bertz CT molecular complexity index is 555. The van der Waals surface area contributed by atoms with Crippen LogP contribution in [0.3, 0.4) is 0 Å². The van der Waals surface area contributed by atoms with Crippen LogP contribution in [0, 0.1) is 5.92 Å². The van der Waals surface area contributed by atoms with Gasteiger partial charge in [-0.15, -0.1) is 6.58 Å². The van der Waals surface area contributed by atoms with Crippen LogP contribution in [-0.2, 0) is 4.79 Å². The zero-order valence-electron chi connectivity index (χ0n) is 10.2. The summed E-state index contributed by atoms with van der Waals surface area (Å²) >= 11 is 0. The molecule has 0 saturated heterocycles. The maximum absolute atomic E-state index is 12.2. The molecule has 0 heterocycles. The lowest BCUT2D eigenvalue weighted by atomic mass is 9.78. The van der Waals surface area contributed by atoms with E-state index in [1.165, 1.54) is 6.07 Å². The molecule has 0 amide bonds. The maximum atomic E-state index is 12.2. The number of ketones is 3. The highest BCUT2D eigenvalue weighted by molar-refractivity contribution is 6.51. The summed E-state index contributed by atoms with van der Waals surface area (Å²) in [4.78, 5) is 36.0. The molecule has 0 fully saturated rings. The number of fused-ring (bicyclic) bond motifs is 1. The lowest BCUT2D eigenvalue weighted by Crippen LogP contribution is -2.36. The van der Waals surface area contributed by atoms with Gasteiger partial charge in [-0.3, -0.25) is 14.4 Å². The van der Waals surface area contributed by atoms with Crippen LogP contribution in [0.2, 0.25) is 0 Å². The van der Waals surface area contributed by atoms with Gasteiger partial charge in [-0.2, -0.15) is 0 Å². The Balaban J connectivity index is 2.36. The number of carbonyl (C=O) groups excluding carboxylic acids is 3. The minimum atomic E-state index is -0.830. The Labute approximate surface area is 106 Å². The molecule has 2 rings (SSSR count). The summed E-state index contributed by atoms with van der Waals surface area (Å²) in [6.07, 6.45) is 0.949. The summed E-state index contributed by atoms with van der Waals surface area (Å²) in [6, 6.07) is 6.50. The van der Waals surface area contributed by atoms with Crippen molar-refractivity contribution in [2.45, 2.75) is 19.8 Å². The molecular formula is C15H14O3. The van der Waals surface area contributed by atoms with Gasteiger partial charge >= 0.3 is 0 Å². The van der Waals surface area contributed by atoms with Crippen LogP contribution in [-0.4, -0.2) is 17.3 Å². The summed E-state index contributed by atoms with van der Waals surface area (Å²) in [7, 11) is 0. The molecule has 0 N–H and O–H groups in total. The molecule has 1 aromatic rings. The highest BCUT2D eigenvalue weighted by Crippen LogP contribution is 2.26. The molecule has 0 aromatic heterocycles. The summed E-state index contributed by atoms with van der Waals surface area (Å²) in [5, 5.41) is 0. The normalized spacial score (nSPS) is 18.7. The van der Waals surface area contributed by atoms with Crippen LogP contribution < -0.4 is 0 Å². The van der Waals surface area contributed by atoms with E-state index in [2.05, 4.69) is 6.58 Å². The summed E-state index contributed by atoms with van der Waals surface area (Å²) in [6.45, 7) is 5.59. The average Bonchev–Trinajstić information content (AvgIpc) is 2.36. The van der Waals surface area contributed by atoms with Crippen molar-refractivity contribution in [3.8, 4) is 0 Å². The van der Waals surface area contributed by atoms with E-state index in [1.807, 2.05) is 6.92 Å². The molecule has 0 aliphatic heterocycles. The van der Waals surface area contributed by atoms with Crippen molar-refractivity contribution in [2.24, 2.45) is 5.92 Å². The second-order valence-corrected chi connectivity index (χ2v) is 4.65. The van der Waals surface area contributed by atoms with Crippen molar-refractivity contribution in [2.75, 3.05) is 0 Å². The number of allylic oxidation sites excluding steroid dienone is 1. The van der Waals surface area contributed by atoms with E-state index >= 15 is 0 Å². The van der Waals surface area contributed by atoms with Crippen molar-refractivity contribution in [3.05, 3.63) is 47.5 Å². The number of hydrogen-bond donors (Lipinski definition) is 0. The quantitative estimate of drug-likeness (QED) is 0.465. The van der Waals surface area contributed by atoms with Crippen LogP contribution in [0.25, 0.3) is 0 Å². The predicted octanol–water partition coefficient (Wildman–Crippen LogP) is 2.61. The standard InChI is InChI=1S/C15H14O3/c1-9(2)7-8-12-13(16)10-5-3-4-6-11(10)14(17)15(12)18/h3-6,12H,1,7-8H2,2H3. The number of carbonyl (C=O) groups is 3. The smallest absolute Gasteiger partial charge is 0.230 e. The first kappa shape index (κ1) is 12.4. The van der Waals surface area contributed by atoms with Crippen LogP contribution in [0.5, 0.6) is 0 Å². The maximum Gasteiger partial charge on any atom is 0.230 e. The lowest BCUT2D eigenvalue weighted by Gasteiger charge is -2.20.